The van der Waals surface area contributed by atoms with Crippen molar-refractivity contribution in [3.05, 3.63) is 0 Å². The predicted octanol–water partition coefficient (Wildman–Crippen LogP) is -0.294. The zero-order valence-electron chi connectivity index (χ0n) is 10.8. The molecule has 1 atom stereocenters. The molecule has 0 aromatic heterocycles. The van der Waals surface area contributed by atoms with E-state index in [1.807, 2.05) is 0 Å². The Kier molecular flexibility index (Phi) is 3.77. The van der Waals surface area contributed by atoms with E-state index in [1.165, 1.54) is 19.1 Å². The molecular formula is C11H23N3O2S. The van der Waals surface area contributed by atoms with E-state index in [-0.39, 0.29) is 5.54 Å². The number of nitrogens with zero attached hydrogens (tertiary/aromatic N) is 2. The Morgan fingerprint density at radius 3 is 2.35 bits per heavy atom. The highest BCUT2D eigenvalue weighted by atomic mass is 32.2. The molecule has 2 saturated heterocycles. The molecule has 0 saturated carbocycles. The van der Waals surface area contributed by atoms with Crippen LogP contribution in [0.15, 0.2) is 0 Å². The molecule has 5 nitrogen and oxygen atoms in total. The Bertz CT molecular complexity index is 355. The molecule has 0 aliphatic carbocycles. The van der Waals surface area contributed by atoms with Crippen LogP contribution in [0.2, 0.25) is 0 Å². The minimum Gasteiger partial charge on any atom is -0.310 e. The number of sulfonamides is 1. The van der Waals surface area contributed by atoms with E-state index in [9.17, 15) is 8.42 Å². The zero-order valence-corrected chi connectivity index (χ0v) is 11.6. The monoisotopic (exact) mass is 261 g/mol. The highest BCUT2D eigenvalue weighted by Gasteiger charge is 2.32. The van der Waals surface area contributed by atoms with Crippen LogP contribution in [0.25, 0.3) is 0 Å². The Hall–Kier alpha value is -0.170. The van der Waals surface area contributed by atoms with Gasteiger partial charge in [-0.3, -0.25) is 4.90 Å². The molecule has 100 valence electrons. The molecule has 1 N–H and O–H groups in total. The van der Waals surface area contributed by atoms with Crippen molar-refractivity contribution in [3.63, 3.8) is 0 Å². The van der Waals surface area contributed by atoms with Crippen LogP contribution < -0.4 is 5.32 Å². The van der Waals surface area contributed by atoms with E-state index in [0.717, 1.165) is 26.2 Å². The third-order valence-electron chi connectivity index (χ3n) is 3.83. The SMILES string of the molecule is CC1(CN2CCN(S(C)(=O)=O)CC2)CCCN1. The number of rotatable bonds is 3. The molecule has 0 radical (unpaired) electrons. The van der Waals surface area contributed by atoms with E-state index < -0.39 is 10.0 Å². The van der Waals surface area contributed by atoms with Gasteiger partial charge in [-0.05, 0) is 26.3 Å². The summed E-state index contributed by atoms with van der Waals surface area (Å²) in [6.07, 6.45) is 3.77. The second-order valence-corrected chi connectivity index (χ2v) is 7.51. The van der Waals surface area contributed by atoms with Crippen LogP contribution in [0.5, 0.6) is 0 Å². The lowest BCUT2D eigenvalue weighted by molar-refractivity contribution is 0.150. The van der Waals surface area contributed by atoms with Crippen LogP contribution >= 0.6 is 0 Å². The van der Waals surface area contributed by atoms with Crippen molar-refractivity contribution < 1.29 is 8.42 Å². The van der Waals surface area contributed by atoms with Crippen molar-refractivity contribution in [2.45, 2.75) is 25.3 Å². The second-order valence-electron chi connectivity index (χ2n) is 5.53. The lowest BCUT2D eigenvalue weighted by Crippen LogP contribution is -2.54. The summed E-state index contributed by atoms with van der Waals surface area (Å²) in [5, 5.41) is 3.55. The molecule has 2 heterocycles. The molecule has 2 aliphatic heterocycles. The molecule has 0 bridgehead atoms. The lowest BCUT2D eigenvalue weighted by atomic mass is 9.99. The summed E-state index contributed by atoms with van der Waals surface area (Å²) in [5.74, 6) is 0. The normalized spacial score (nSPS) is 33.1. The lowest BCUT2D eigenvalue weighted by Gasteiger charge is -2.38. The number of piperazine rings is 1. The first-order chi connectivity index (χ1) is 7.89. The van der Waals surface area contributed by atoms with Crippen LogP contribution in [0.1, 0.15) is 19.8 Å². The van der Waals surface area contributed by atoms with Gasteiger partial charge in [0.05, 0.1) is 6.26 Å². The molecule has 0 aromatic rings. The largest absolute Gasteiger partial charge is 0.310 e. The van der Waals surface area contributed by atoms with Crippen molar-refractivity contribution in [1.82, 2.24) is 14.5 Å². The summed E-state index contributed by atoms with van der Waals surface area (Å²) in [7, 11) is -3.00. The standard InChI is InChI=1S/C11H23N3O2S/c1-11(4-3-5-12-11)10-13-6-8-14(9-7-13)17(2,15)16/h12H,3-10H2,1-2H3. The average Bonchev–Trinajstić information content (AvgIpc) is 2.64. The Balaban J connectivity index is 1.83. The van der Waals surface area contributed by atoms with E-state index >= 15 is 0 Å². The van der Waals surface area contributed by atoms with E-state index in [4.69, 9.17) is 0 Å². The van der Waals surface area contributed by atoms with Crippen molar-refractivity contribution in [2.24, 2.45) is 0 Å². The molecule has 0 amide bonds. The van der Waals surface area contributed by atoms with Gasteiger partial charge in [0.25, 0.3) is 0 Å². The third kappa shape index (κ3) is 3.40. The van der Waals surface area contributed by atoms with Gasteiger partial charge in [-0.25, -0.2) is 8.42 Å². The zero-order chi connectivity index (χ0) is 12.5. The molecule has 1 unspecified atom stereocenters. The molecule has 0 aromatic carbocycles. The van der Waals surface area contributed by atoms with E-state index in [0.29, 0.717) is 13.1 Å². The number of hydrogen-bond donors (Lipinski definition) is 1. The Labute approximate surface area is 104 Å². The minimum atomic E-state index is -3.00. The molecule has 2 fully saturated rings. The van der Waals surface area contributed by atoms with E-state index in [1.54, 1.807) is 4.31 Å². The Morgan fingerprint density at radius 1 is 1.24 bits per heavy atom. The summed E-state index contributed by atoms with van der Waals surface area (Å²) in [5.41, 5.74) is 0.229. The van der Waals surface area contributed by atoms with Crippen LogP contribution in [0.4, 0.5) is 0 Å². The summed E-state index contributed by atoms with van der Waals surface area (Å²) in [4.78, 5) is 2.38. The summed E-state index contributed by atoms with van der Waals surface area (Å²) in [6, 6.07) is 0. The van der Waals surface area contributed by atoms with Crippen molar-refractivity contribution in [1.29, 1.82) is 0 Å². The van der Waals surface area contributed by atoms with Gasteiger partial charge >= 0.3 is 0 Å². The first-order valence-electron chi connectivity index (χ1n) is 6.32. The maximum Gasteiger partial charge on any atom is 0.211 e. The average molecular weight is 261 g/mol. The molecule has 2 aliphatic rings. The number of nitrogens with one attached hydrogen (secondary N) is 1. The van der Waals surface area contributed by atoms with Crippen molar-refractivity contribution in [2.75, 3.05) is 45.5 Å². The summed E-state index contributed by atoms with van der Waals surface area (Å²) >= 11 is 0. The predicted molar refractivity (Wildman–Crippen MR) is 68.5 cm³/mol. The first kappa shape index (κ1) is 13.3. The van der Waals surface area contributed by atoms with Crippen molar-refractivity contribution >= 4 is 10.0 Å². The van der Waals surface area contributed by atoms with Crippen LogP contribution in [-0.4, -0.2) is 68.7 Å². The van der Waals surface area contributed by atoms with Gasteiger partial charge < -0.3 is 5.32 Å². The van der Waals surface area contributed by atoms with Gasteiger partial charge in [0, 0.05) is 38.3 Å². The maximum absolute atomic E-state index is 11.4. The second kappa shape index (κ2) is 4.84. The first-order valence-corrected chi connectivity index (χ1v) is 8.16. The van der Waals surface area contributed by atoms with Gasteiger partial charge in [-0.15, -0.1) is 0 Å². The van der Waals surface area contributed by atoms with Gasteiger partial charge in [-0.1, -0.05) is 0 Å². The molecule has 17 heavy (non-hydrogen) atoms. The third-order valence-corrected chi connectivity index (χ3v) is 5.13. The fraction of sp³-hybridized carbons (Fsp3) is 1.00. The minimum absolute atomic E-state index is 0.229. The van der Waals surface area contributed by atoms with Crippen molar-refractivity contribution in [3.8, 4) is 0 Å². The fourth-order valence-corrected chi connectivity index (χ4v) is 3.63. The summed E-state index contributed by atoms with van der Waals surface area (Å²) < 4.78 is 24.4. The van der Waals surface area contributed by atoms with Gasteiger partial charge in [0.2, 0.25) is 10.0 Å². The van der Waals surface area contributed by atoms with Crippen LogP contribution in [0.3, 0.4) is 0 Å². The Morgan fingerprint density at radius 2 is 1.88 bits per heavy atom. The van der Waals surface area contributed by atoms with Gasteiger partial charge in [0.1, 0.15) is 0 Å². The molecule has 0 spiro atoms. The van der Waals surface area contributed by atoms with E-state index in [2.05, 4.69) is 17.1 Å². The molecule has 2 rings (SSSR count). The quantitative estimate of drug-likeness (QED) is 0.758. The maximum atomic E-state index is 11.4. The fourth-order valence-electron chi connectivity index (χ4n) is 2.80. The van der Waals surface area contributed by atoms with Gasteiger partial charge in [-0.2, -0.15) is 4.31 Å². The molecule has 6 heteroatoms. The highest BCUT2D eigenvalue weighted by Crippen LogP contribution is 2.20. The van der Waals surface area contributed by atoms with Crippen LogP contribution in [0, 0.1) is 0 Å². The van der Waals surface area contributed by atoms with Gasteiger partial charge in [0.15, 0.2) is 0 Å². The smallest absolute Gasteiger partial charge is 0.211 e. The molecular weight excluding hydrogens is 238 g/mol. The topological polar surface area (TPSA) is 52.7 Å². The van der Waals surface area contributed by atoms with Crippen LogP contribution in [-0.2, 0) is 10.0 Å². The highest BCUT2D eigenvalue weighted by molar-refractivity contribution is 7.88. The summed E-state index contributed by atoms with van der Waals surface area (Å²) in [6.45, 7) is 7.38. The number of hydrogen-bond acceptors (Lipinski definition) is 4.